The molecule has 2 aliphatic rings. The second-order valence-electron chi connectivity index (χ2n) is 10.1. The maximum Gasteiger partial charge on any atom is 0.170 e. The van der Waals surface area contributed by atoms with Crippen LogP contribution in [0.1, 0.15) is 30.5 Å². The molecule has 0 unspecified atom stereocenters. The predicted molar refractivity (Wildman–Crippen MR) is 146 cm³/mol. The number of rotatable bonds is 2. The van der Waals surface area contributed by atoms with Gasteiger partial charge in [-0.15, -0.1) is 0 Å². The van der Waals surface area contributed by atoms with E-state index in [1.54, 1.807) is 0 Å². The Morgan fingerprint density at radius 3 is 2.08 bits per heavy atom. The van der Waals surface area contributed by atoms with Crippen LogP contribution in [-0.2, 0) is 5.41 Å². The van der Waals surface area contributed by atoms with Gasteiger partial charge in [-0.25, -0.2) is 0 Å². The third kappa shape index (κ3) is 3.27. The SMILES string of the molecule is CC1(C)c2ccccc2-c2cc3c(cc21)Oc1ccc(-c2cccc(-c4ccccc4C#N)c2)cc1O3. The van der Waals surface area contributed by atoms with E-state index in [1.807, 2.05) is 48.5 Å². The van der Waals surface area contributed by atoms with Gasteiger partial charge in [0.25, 0.3) is 0 Å². The fraction of sp³-hybridized carbons (Fsp3) is 0.0882. The number of hydrogen-bond donors (Lipinski definition) is 0. The Morgan fingerprint density at radius 2 is 1.22 bits per heavy atom. The average molecular weight is 478 g/mol. The molecule has 37 heavy (non-hydrogen) atoms. The molecule has 0 N–H and O–H groups in total. The molecule has 7 rings (SSSR count). The third-order valence-electron chi connectivity index (χ3n) is 7.59. The minimum absolute atomic E-state index is 0.0936. The number of nitrogens with zero attached hydrogens (tertiary/aromatic N) is 1. The zero-order chi connectivity index (χ0) is 25.1. The van der Waals surface area contributed by atoms with Crippen molar-refractivity contribution in [3.8, 4) is 62.4 Å². The first-order valence-electron chi connectivity index (χ1n) is 12.4. The summed E-state index contributed by atoms with van der Waals surface area (Å²) in [6, 6.07) is 37.1. The standard InChI is InChI=1S/C34H23NO2/c1-34(2)28-13-6-5-12-26(28)27-18-32-33(19-29(27)34)36-30-15-14-22(17-31(30)37-32)21-9-7-10-23(16-21)25-11-4-3-8-24(25)20-35/h3-19H,1-2H3. The Bertz CT molecular complexity index is 1770. The van der Waals surface area contributed by atoms with E-state index in [1.165, 1.54) is 22.3 Å². The molecule has 3 heteroatoms. The van der Waals surface area contributed by atoms with Gasteiger partial charge in [0, 0.05) is 5.41 Å². The molecule has 0 spiro atoms. The van der Waals surface area contributed by atoms with Crippen LogP contribution >= 0.6 is 0 Å². The zero-order valence-electron chi connectivity index (χ0n) is 20.6. The Kier molecular flexibility index (Phi) is 4.55. The van der Waals surface area contributed by atoms with Gasteiger partial charge in [0.15, 0.2) is 23.0 Å². The number of fused-ring (bicyclic) bond motifs is 5. The van der Waals surface area contributed by atoms with E-state index < -0.39 is 0 Å². The fourth-order valence-corrected chi connectivity index (χ4v) is 5.65. The summed E-state index contributed by atoms with van der Waals surface area (Å²) in [5, 5.41) is 9.54. The summed E-state index contributed by atoms with van der Waals surface area (Å²) >= 11 is 0. The molecule has 1 aliphatic carbocycles. The third-order valence-corrected chi connectivity index (χ3v) is 7.59. The van der Waals surface area contributed by atoms with E-state index in [2.05, 4.69) is 74.5 Å². The number of hydrogen-bond acceptors (Lipinski definition) is 3. The number of benzene rings is 5. The normalized spacial score (nSPS) is 13.8. The summed E-state index contributed by atoms with van der Waals surface area (Å²) in [5.41, 5.74) is 9.61. The number of ether oxygens (including phenoxy) is 2. The molecule has 0 radical (unpaired) electrons. The van der Waals surface area contributed by atoms with Gasteiger partial charge in [-0.05, 0) is 80.9 Å². The van der Waals surface area contributed by atoms with Crippen LogP contribution in [0.5, 0.6) is 23.0 Å². The van der Waals surface area contributed by atoms with Crippen molar-refractivity contribution in [2.75, 3.05) is 0 Å². The molecule has 5 aromatic rings. The average Bonchev–Trinajstić information content (AvgIpc) is 3.16. The summed E-state index contributed by atoms with van der Waals surface area (Å²) < 4.78 is 12.8. The van der Waals surface area contributed by atoms with Crippen molar-refractivity contribution in [3.63, 3.8) is 0 Å². The van der Waals surface area contributed by atoms with Crippen molar-refractivity contribution in [2.45, 2.75) is 19.3 Å². The highest BCUT2D eigenvalue weighted by Crippen LogP contribution is 2.55. The Labute approximate surface area is 216 Å². The van der Waals surface area contributed by atoms with Crippen LogP contribution in [0.2, 0.25) is 0 Å². The number of nitriles is 1. The van der Waals surface area contributed by atoms with Crippen molar-refractivity contribution >= 4 is 0 Å². The van der Waals surface area contributed by atoms with Crippen LogP contribution in [0.15, 0.2) is 103 Å². The topological polar surface area (TPSA) is 42.2 Å². The van der Waals surface area contributed by atoms with Gasteiger partial charge >= 0.3 is 0 Å². The van der Waals surface area contributed by atoms with Gasteiger partial charge < -0.3 is 9.47 Å². The van der Waals surface area contributed by atoms with E-state index >= 15 is 0 Å². The fourth-order valence-electron chi connectivity index (χ4n) is 5.65. The lowest BCUT2D eigenvalue weighted by Gasteiger charge is -2.25. The van der Waals surface area contributed by atoms with E-state index in [-0.39, 0.29) is 5.41 Å². The molecule has 0 atom stereocenters. The highest BCUT2D eigenvalue weighted by atomic mass is 16.6. The van der Waals surface area contributed by atoms with Crippen LogP contribution in [-0.4, -0.2) is 0 Å². The van der Waals surface area contributed by atoms with Crippen molar-refractivity contribution < 1.29 is 9.47 Å². The lowest BCUT2D eigenvalue weighted by molar-refractivity contribution is 0.359. The van der Waals surface area contributed by atoms with Crippen LogP contribution < -0.4 is 9.47 Å². The van der Waals surface area contributed by atoms with Crippen LogP contribution in [0, 0.1) is 11.3 Å². The second kappa shape index (κ2) is 7.85. The molecule has 0 aromatic heterocycles. The zero-order valence-corrected chi connectivity index (χ0v) is 20.6. The molecule has 1 heterocycles. The van der Waals surface area contributed by atoms with Crippen molar-refractivity contribution in [1.82, 2.24) is 0 Å². The summed E-state index contributed by atoms with van der Waals surface area (Å²) in [5.74, 6) is 2.87. The first-order chi connectivity index (χ1) is 18.0. The van der Waals surface area contributed by atoms with Crippen LogP contribution in [0.3, 0.4) is 0 Å². The van der Waals surface area contributed by atoms with E-state index in [4.69, 9.17) is 9.47 Å². The minimum atomic E-state index is -0.0936. The quantitative estimate of drug-likeness (QED) is 0.250. The molecule has 176 valence electrons. The van der Waals surface area contributed by atoms with Gasteiger partial charge in [0.1, 0.15) is 0 Å². The molecule has 3 nitrogen and oxygen atoms in total. The highest BCUT2D eigenvalue weighted by molar-refractivity contribution is 5.84. The summed E-state index contributed by atoms with van der Waals surface area (Å²) in [6.07, 6.45) is 0. The van der Waals surface area contributed by atoms with Crippen molar-refractivity contribution in [3.05, 3.63) is 120 Å². The molecule has 0 saturated carbocycles. The highest BCUT2D eigenvalue weighted by Gasteiger charge is 2.37. The van der Waals surface area contributed by atoms with Gasteiger partial charge in [0.2, 0.25) is 0 Å². The predicted octanol–water partition coefficient (Wildman–Crippen LogP) is 9.10. The van der Waals surface area contributed by atoms with Gasteiger partial charge in [-0.3, -0.25) is 0 Å². The molecule has 1 aliphatic heterocycles. The smallest absolute Gasteiger partial charge is 0.170 e. The molecule has 0 saturated heterocycles. The second-order valence-corrected chi connectivity index (χ2v) is 10.1. The molecule has 0 amide bonds. The van der Waals surface area contributed by atoms with E-state index in [0.29, 0.717) is 17.1 Å². The van der Waals surface area contributed by atoms with Crippen molar-refractivity contribution in [1.29, 1.82) is 5.26 Å². The maximum absolute atomic E-state index is 9.54. The minimum Gasteiger partial charge on any atom is -0.450 e. The Balaban J connectivity index is 1.27. The molecule has 5 aromatic carbocycles. The van der Waals surface area contributed by atoms with Gasteiger partial charge in [-0.2, -0.15) is 5.26 Å². The van der Waals surface area contributed by atoms with E-state index in [9.17, 15) is 5.26 Å². The lowest BCUT2D eigenvalue weighted by Crippen LogP contribution is -2.15. The molecule has 0 bridgehead atoms. The Hall–Kier alpha value is -4.81. The molecule has 0 fully saturated rings. The summed E-state index contributed by atoms with van der Waals surface area (Å²) in [7, 11) is 0. The van der Waals surface area contributed by atoms with Crippen molar-refractivity contribution in [2.24, 2.45) is 0 Å². The Morgan fingerprint density at radius 1 is 0.541 bits per heavy atom. The van der Waals surface area contributed by atoms with Gasteiger partial charge in [0.05, 0.1) is 11.6 Å². The van der Waals surface area contributed by atoms with Crippen LogP contribution in [0.4, 0.5) is 0 Å². The summed E-state index contributed by atoms with van der Waals surface area (Å²) in [4.78, 5) is 0. The largest absolute Gasteiger partial charge is 0.450 e. The first-order valence-corrected chi connectivity index (χ1v) is 12.4. The molecular formula is C34H23NO2. The monoisotopic (exact) mass is 477 g/mol. The lowest BCUT2D eigenvalue weighted by atomic mass is 9.82. The first kappa shape index (κ1) is 21.5. The summed E-state index contributed by atoms with van der Waals surface area (Å²) in [6.45, 7) is 4.52. The van der Waals surface area contributed by atoms with Crippen LogP contribution in [0.25, 0.3) is 33.4 Å². The molecular weight excluding hydrogens is 454 g/mol. The maximum atomic E-state index is 9.54. The van der Waals surface area contributed by atoms with Gasteiger partial charge in [-0.1, -0.05) is 80.6 Å². The van der Waals surface area contributed by atoms with E-state index in [0.717, 1.165) is 33.8 Å².